The van der Waals surface area contributed by atoms with E-state index < -0.39 is 6.10 Å². The molecule has 0 saturated heterocycles. The first-order chi connectivity index (χ1) is 9.13. The van der Waals surface area contributed by atoms with Crippen LogP contribution in [0.5, 0.6) is 0 Å². The first kappa shape index (κ1) is 16.9. The second kappa shape index (κ2) is 9.70. The van der Waals surface area contributed by atoms with Crippen molar-refractivity contribution in [3.63, 3.8) is 0 Å². The molecule has 3 atom stereocenters. The summed E-state index contributed by atoms with van der Waals surface area (Å²) in [5.41, 5.74) is 0. The largest absolute Gasteiger partial charge is 0.389 e. The van der Waals surface area contributed by atoms with Gasteiger partial charge in [0.05, 0.1) is 25.4 Å². The van der Waals surface area contributed by atoms with Crippen LogP contribution in [0.3, 0.4) is 0 Å². The van der Waals surface area contributed by atoms with Crippen LogP contribution in [0.15, 0.2) is 0 Å². The maximum atomic E-state index is 9.89. The van der Waals surface area contributed by atoms with Crippen molar-refractivity contribution in [2.75, 3.05) is 26.9 Å². The normalized spacial score (nSPS) is 22.1. The molecule has 1 rings (SSSR count). The molecule has 1 fully saturated rings. The van der Waals surface area contributed by atoms with E-state index in [2.05, 4.69) is 12.2 Å². The highest BCUT2D eigenvalue weighted by molar-refractivity contribution is 4.76. The van der Waals surface area contributed by atoms with Gasteiger partial charge in [-0.2, -0.15) is 0 Å². The molecule has 0 radical (unpaired) electrons. The first-order valence-corrected chi connectivity index (χ1v) is 7.65. The van der Waals surface area contributed by atoms with Crippen molar-refractivity contribution in [2.24, 2.45) is 5.92 Å². The summed E-state index contributed by atoms with van der Waals surface area (Å²) in [6.07, 6.45) is 6.35. The maximum absolute atomic E-state index is 9.89. The highest BCUT2D eigenvalue weighted by Crippen LogP contribution is 2.26. The molecule has 2 unspecified atom stereocenters. The molecule has 1 aliphatic carbocycles. The molecule has 1 saturated carbocycles. The van der Waals surface area contributed by atoms with Crippen molar-refractivity contribution < 1.29 is 14.6 Å². The molecule has 0 aromatic heterocycles. The summed E-state index contributed by atoms with van der Waals surface area (Å²) in [5, 5.41) is 13.3. The summed E-state index contributed by atoms with van der Waals surface area (Å²) in [4.78, 5) is 0. The minimum absolute atomic E-state index is 0.0374. The lowest BCUT2D eigenvalue weighted by molar-refractivity contribution is -0.0319. The molecule has 4 nitrogen and oxygen atoms in total. The van der Waals surface area contributed by atoms with Crippen molar-refractivity contribution in [2.45, 2.75) is 64.2 Å². The minimum atomic E-state index is -0.439. The number of ether oxygens (including phenoxy) is 2. The summed E-state index contributed by atoms with van der Waals surface area (Å²) in [6.45, 7) is 5.73. The number of hydrogen-bond acceptors (Lipinski definition) is 4. The fourth-order valence-corrected chi connectivity index (χ4v) is 2.74. The van der Waals surface area contributed by atoms with Crippen LogP contribution in [-0.2, 0) is 9.47 Å². The van der Waals surface area contributed by atoms with Gasteiger partial charge in [-0.1, -0.05) is 19.3 Å². The minimum Gasteiger partial charge on any atom is -0.389 e. The molecule has 0 amide bonds. The first-order valence-electron chi connectivity index (χ1n) is 7.65. The van der Waals surface area contributed by atoms with Crippen molar-refractivity contribution in [3.05, 3.63) is 0 Å². The monoisotopic (exact) mass is 273 g/mol. The zero-order valence-corrected chi connectivity index (χ0v) is 12.7. The van der Waals surface area contributed by atoms with Gasteiger partial charge < -0.3 is 19.9 Å². The molecule has 0 aliphatic heterocycles. The Morgan fingerprint density at radius 1 is 1.16 bits per heavy atom. The summed E-state index contributed by atoms with van der Waals surface area (Å²) >= 11 is 0. The lowest BCUT2D eigenvalue weighted by atomic mass is 9.84. The van der Waals surface area contributed by atoms with Crippen LogP contribution in [0.4, 0.5) is 0 Å². The van der Waals surface area contributed by atoms with Crippen molar-refractivity contribution in [1.29, 1.82) is 0 Å². The number of hydrogen-bond donors (Lipinski definition) is 2. The van der Waals surface area contributed by atoms with E-state index >= 15 is 0 Å². The van der Waals surface area contributed by atoms with Gasteiger partial charge >= 0.3 is 0 Å². The van der Waals surface area contributed by atoms with Gasteiger partial charge in [0.2, 0.25) is 0 Å². The molecule has 4 heteroatoms. The van der Waals surface area contributed by atoms with Gasteiger partial charge in [0.15, 0.2) is 0 Å². The Bertz CT molecular complexity index is 219. The molecule has 0 bridgehead atoms. The van der Waals surface area contributed by atoms with Crippen molar-refractivity contribution in [3.8, 4) is 0 Å². The molecule has 114 valence electrons. The molecule has 0 aromatic rings. The van der Waals surface area contributed by atoms with Gasteiger partial charge in [0, 0.05) is 19.7 Å². The van der Waals surface area contributed by atoms with Crippen LogP contribution in [0.1, 0.15) is 46.0 Å². The predicted molar refractivity (Wildman–Crippen MR) is 77.3 cm³/mol. The molecule has 0 heterocycles. The fourth-order valence-electron chi connectivity index (χ4n) is 2.74. The number of rotatable bonds is 9. The topological polar surface area (TPSA) is 50.7 Å². The van der Waals surface area contributed by atoms with Crippen LogP contribution >= 0.6 is 0 Å². The molecule has 1 aliphatic rings. The Morgan fingerprint density at radius 3 is 2.47 bits per heavy atom. The maximum Gasteiger partial charge on any atom is 0.0897 e. The molecule has 0 spiro atoms. The van der Waals surface area contributed by atoms with Gasteiger partial charge in [0.25, 0.3) is 0 Å². The fraction of sp³-hybridized carbons (Fsp3) is 1.00. The van der Waals surface area contributed by atoms with E-state index in [0.717, 1.165) is 5.92 Å². The van der Waals surface area contributed by atoms with E-state index in [1.807, 2.05) is 6.92 Å². The standard InChI is InChI=1S/C15H31NO3/c1-12(10-18-3)19-11-15(17)9-16-13(2)14-7-5-4-6-8-14/h12-17H,4-11H2,1-3H3/t12?,13-,15?/m0/s1. The van der Waals surface area contributed by atoms with Crippen LogP contribution in [0, 0.1) is 5.92 Å². The van der Waals surface area contributed by atoms with Crippen LogP contribution in [-0.4, -0.2) is 50.2 Å². The average Bonchev–Trinajstić information content (AvgIpc) is 2.44. The number of nitrogens with one attached hydrogen (secondary N) is 1. The second-order valence-electron chi connectivity index (χ2n) is 5.85. The Morgan fingerprint density at radius 2 is 1.84 bits per heavy atom. The molecule has 2 N–H and O–H groups in total. The summed E-state index contributed by atoms with van der Waals surface area (Å²) in [7, 11) is 1.66. The van der Waals surface area contributed by atoms with Gasteiger partial charge in [-0.25, -0.2) is 0 Å². The smallest absolute Gasteiger partial charge is 0.0897 e. The summed E-state index contributed by atoms with van der Waals surface area (Å²) in [5.74, 6) is 0.772. The van der Waals surface area contributed by atoms with Crippen LogP contribution in [0.25, 0.3) is 0 Å². The van der Waals surface area contributed by atoms with Crippen LogP contribution in [0.2, 0.25) is 0 Å². The van der Waals surface area contributed by atoms with Gasteiger partial charge in [-0.15, -0.1) is 0 Å². The van der Waals surface area contributed by atoms with Gasteiger partial charge in [-0.05, 0) is 32.6 Å². The van der Waals surface area contributed by atoms with Gasteiger partial charge in [0.1, 0.15) is 0 Å². The predicted octanol–water partition coefficient (Wildman–Crippen LogP) is 1.96. The number of aliphatic hydroxyl groups excluding tert-OH is 1. The summed E-state index contributed by atoms with van der Waals surface area (Å²) < 4.78 is 10.5. The lowest BCUT2D eigenvalue weighted by Gasteiger charge is -2.29. The quantitative estimate of drug-likeness (QED) is 0.674. The van der Waals surface area contributed by atoms with Crippen molar-refractivity contribution in [1.82, 2.24) is 5.32 Å². The Balaban J connectivity index is 2.09. The Kier molecular flexibility index (Phi) is 8.62. The van der Waals surface area contributed by atoms with Gasteiger partial charge in [-0.3, -0.25) is 0 Å². The highest BCUT2D eigenvalue weighted by atomic mass is 16.5. The number of methoxy groups -OCH3 is 1. The molecule has 0 aromatic carbocycles. The summed E-state index contributed by atoms with van der Waals surface area (Å²) in [6, 6.07) is 0.492. The third-order valence-corrected chi connectivity index (χ3v) is 4.01. The Hall–Kier alpha value is -0.160. The lowest BCUT2D eigenvalue weighted by Crippen LogP contribution is -2.41. The van der Waals surface area contributed by atoms with Crippen molar-refractivity contribution >= 4 is 0 Å². The van der Waals surface area contributed by atoms with E-state index in [1.54, 1.807) is 7.11 Å². The average molecular weight is 273 g/mol. The van der Waals surface area contributed by atoms with E-state index in [-0.39, 0.29) is 6.10 Å². The zero-order valence-electron chi connectivity index (χ0n) is 12.7. The SMILES string of the molecule is COCC(C)OCC(O)CN[C@@H](C)C1CCCCC1. The molecular weight excluding hydrogens is 242 g/mol. The second-order valence-corrected chi connectivity index (χ2v) is 5.85. The number of aliphatic hydroxyl groups is 1. The third kappa shape index (κ3) is 7.25. The molecule has 19 heavy (non-hydrogen) atoms. The Labute approximate surface area is 117 Å². The van der Waals surface area contributed by atoms with E-state index in [4.69, 9.17) is 9.47 Å². The van der Waals surface area contributed by atoms with E-state index in [1.165, 1.54) is 32.1 Å². The van der Waals surface area contributed by atoms with E-state index in [0.29, 0.717) is 25.8 Å². The molecular formula is C15H31NO3. The third-order valence-electron chi connectivity index (χ3n) is 4.01. The highest BCUT2D eigenvalue weighted by Gasteiger charge is 2.20. The van der Waals surface area contributed by atoms with Crippen LogP contribution < -0.4 is 5.32 Å². The van der Waals surface area contributed by atoms with E-state index in [9.17, 15) is 5.11 Å². The zero-order chi connectivity index (χ0) is 14.1.